The Morgan fingerprint density at radius 1 is 0.700 bits per heavy atom. The molecule has 0 spiro atoms. The van der Waals surface area contributed by atoms with Gasteiger partial charge in [-0.15, -0.1) is 10.2 Å². The highest BCUT2D eigenvalue weighted by molar-refractivity contribution is 5.55. The standard InChI is InChI=1S/C16H34N4/c1-4-7-10-13-18-16-17-19(14-11-8-5-2)20(18)15-12-9-6-3/h16H,4-15H2,1-3H3. The highest BCUT2D eigenvalue weighted by Gasteiger charge is 2.23. The van der Waals surface area contributed by atoms with Gasteiger partial charge < -0.3 is 0 Å². The Labute approximate surface area is 125 Å². The van der Waals surface area contributed by atoms with Crippen molar-refractivity contribution in [2.75, 3.05) is 19.6 Å². The Morgan fingerprint density at radius 2 is 1.25 bits per heavy atom. The van der Waals surface area contributed by atoms with Crippen LogP contribution in [0, 0.1) is 0 Å². The van der Waals surface area contributed by atoms with E-state index in [0.717, 1.165) is 19.6 Å². The van der Waals surface area contributed by atoms with Gasteiger partial charge >= 0.3 is 0 Å². The lowest BCUT2D eigenvalue weighted by atomic mass is 10.2. The number of rotatable bonds is 12. The Morgan fingerprint density at radius 3 is 1.85 bits per heavy atom. The first-order chi connectivity index (χ1) is 9.83. The van der Waals surface area contributed by atoms with E-state index in [9.17, 15) is 0 Å². The molecule has 1 aliphatic heterocycles. The van der Waals surface area contributed by atoms with E-state index in [4.69, 9.17) is 0 Å². The largest absolute Gasteiger partial charge is 0.275 e. The molecule has 118 valence electrons. The topological polar surface area (TPSA) is 22.1 Å². The molecule has 1 rings (SSSR count). The fraction of sp³-hybridized carbons (Fsp3) is 0.938. The van der Waals surface area contributed by atoms with Crippen molar-refractivity contribution >= 4 is 6.34 Å². The molecular weight excluding hydrogens is 248 g/mol. The SMILES string of the molecule is CCCCCN1C=NN(CCCCC)N1CCCCC. The van der Waals surface area contributed by atoms with Crippen LogP contribution < -0.4 is 0 Å². The molecule has 1 aliphatic rings. The van der Waals surface area contributed by atoms with E-state index in [-0.39, 0.29) is 0 Å². The van der Waals surface area contributed by atoms with Gasteiger partial charge in [-0.25, -0.2) is 5.12 Å². The van der Waals surface area contributed by atoms with Crippen LogP contribution in [-0.2, 0) is 0 Å². The van der Waals surface area contributed by atoms with Gasteiger partial charge in [-0.05, 0) is 19.3 Å². The van der Waals surface area contributed by atoms with Crippen LogP contribution in [-0.4, -0.2) is 41.2 Å². The van der Waals surface area contributed by atoms with E-state index in [2.05, 4.69) is 41.1 Å². The molecular formula is C16H34N4. The van der Waals surface area contributed by atoms with Crippen molar-refractivity contribution in [3.63, 3.8) is 0 Å². The molecule has 0 aromatic carbocycles. The molecule has 0 unspecified atom stereocenters. The molecule has 0 aromatic rings. The maximum Gasteiger partial charge on any atom is 0.129 e. The minimum atomic E-state index is 1.06. The summed E-state index contributed by atoms with van der Waals surface area (Å²) in [4.78, 5) is 0. The molecule has 0 saturated carbocycles. The van der Waals surface area contributed by atoms with Gasteiger partial charge in [0.05, 0.1) is 6.54 Å². The van der Waals surface area contributed by atoms with E-state index in [0.29, 0.717) is 0 Å². The van der Waals surface area contributed by atoms with E-state index >= 15 is 0 Å². The van der Waals surface area contributed by atoms with Gasteiger partial charge in [0.1, 0.15) is 6.34 Å². The number of nitrogens with zero attached hydrogens (tertiary/aromatic N) is 4. The van der Waals surface area contributed by atoms with Crippen LogP contribution in [0.3, 0.4) is 0 Å². The van der Waals surface area contributed by atoms with Crippen molar-refractivity contribution in [3.05, 3.63) is 0 Å². The van der Waals surface area contributed by atoms with Gasteiger partial charge in [-0.1, -0.05) is 59.3 Å². The van der Waals surface area contributed by atoms with Crippen LogP contribution in [0.5, 0.6) is 0 Å². The first-order valence-corrected chi connectivity index (χ1v) is 8.69. The molecule has 0 amide bonds. The molecule has 4 heteroatoms. The highest BCUT2D eigenvalue weighted by Crippen LogP contribution is 2.15. The quantitative estimate of drug-likeness (QED) is 0.500. The zero-order valence-electron chi connectivity index (χ0n) is 13.9. The molecule has 0 aliphatic carbocycles. The summed E-state index contributed by atoms with van der Waals surface area (Å²) in [6.07, 6.45) is 13.5. The maximum absolute atomic E-state index is 4.59. The molecule has 0 atom stereocenters. The van der Waals surface area contributed by atoms with Crippen LogP contribution in [0.4, 0.5) is 0 Å². The summed E-state index contributed by atoms with van der Waals surface area (Å²) in [5.74, 6) is 0. The molecule has 20 heavy (non-hydrogen) atoms. The second-order valence-electron chi connectivity index (χ2n) is 5.71. The summed E-state index contributed by atoms with van der Waals surface area (Å²) >= 11 is 0. The lowest BCUT2D eigenvalue weighted by Gasteiger charge is -2.33. The van der Waals surface area contributed by atoms with E-state index in [1.807, 2.05) is 6.34 Å². The van der Waals surface area contributed by atoms with Crippen molar-refractivity contribution in [1.29, 1.82) is 0 Å². The van der Waals surface area contributed by atoms with Crippen LogP contribution in [0.25, 0.3) is 0 Å². The molecule has 4 nitrogen and oxygen atoms in total. The molecule has 0 bridgehead atoms. The van der Waals surface area contributed by atoms with Gasteiger partial charge in [-0.3, -0.25) is 5.01 Å². The highest BCUT2D eigenvalue weighted by atomic mass is 16.0. The zero-order valence-corrected chi connectivity index (χ0v) is 13.9. The minimum Gasteiger partial charge on any atom is -0.275 e. The van der Waals surface area contributed by atoms with Crippen LogP contribution in [0.2, 0.25) is 0 Å². The number of hydrogen-bond donors (Lipinski definition) is 0. The lowest BCUT2D eigenvalue weighted by molar-refractivity contribution is -0.123. The van der Waals surface area contributed by atoms with Gasteiger partial charge in [-0.2, -0.15) is 0 Å². The number of hydrazine groups is 2. The Hall–Kier alpha value is -0.770. The smallest absolute Gasteiger partial charge is 0.129 e. The lowest BCUT2D eigenvalue weighted by Crippen LogP contribution is -2.46. The molecule has 0 aromatic heterocycles. The first kappa shape index (κ1) is 17.3. The third-order valence-corrected chi connectivity index (χ3v) is 3.80. The fourth-order valence-corrected chi connectivity index (χ4v) is 2.49. The Balaban J connectivity index is 2.40. The molecule has 0 radical (unpaired) electrons. The maximum atomic E-state index is 4.59. The van der Waals surface area contributed by atoms with Crippen LogP contribution in [0.1, 0.15) is 78.6 Å². The summed E-state index contributed by atoms with van der Waals surface area (Å²) in [7, 11) is 0. The van der Waals surface area contributed by atoms with Gasteiger partial charge in [0.2, 0.25) is 0 Å². The average Bonchev–Trinajstić information content (AvgIpc) is 2.83. The summed E-state index contributed by atoms with van der Waals surface area (Å²) < 4.78 is 0. The predicted molar refractivity (Wildman–Crippen MR) is 87.2 cm³/mol. The summed E-state index contributed by atoms with van der Waals surface area (Å²) in [5.41, 5.74) is 0. The fourth-order valence-electron chi connectivity index (χ4n) is 2.49. The third-order valence-electron chi connectivity index (χ3n) is 3.80. The van der Waals surface area contributed by atoms with Crippen LogP contribution >= 0.6 is 0 Å². The Kier molecular flexibility index (Phi) is 9.46. The van der Waals surface area contributed by atoms with Crippen molar-refractivity contribution < 1.29 is 0 Å². The summed E-state index contributed by atoms with van der Waals surface area (Å²) in [6.45, 7) is 10.0. The number of hydrogen-bond acceptors (Lipinski definition) is 4. The van der Waals surface area contributed by atoms with Gasteiger partial charge in [0, 0.05) is 13.1 Å². The van der Waals surface area contributed by atoms with Crippen LogP contribution in [0.15, 0.2) is 5.10 Å². The number of hydrazone groups is 1. The average molecular weight is 282 g/mol. The van der Waals surface area contributed by atoms with Crippen molar-refractivity contribution in [2.45, 2.75) is 78.6 Å². The normalized spacial score (nSPS) is 15.6. The summed E-state index contributed by atoms with van der Waals surface area (Å²) in [6, 6.07) is 0. The van der Waals surface area contributed by atoms with Gasteiger partial charge in [0.25, 0.3) is 0 Å². The predicted octanol–water partition coefficient (Wildman–Crippen LogP) is 4.25. The van der Waals surface area contributed by atoms with Crippen molar-refractivity contribution in [1.82, 2.24) is 15.2 Å². The van der Waals surface area contributed by atoms with E-state index < -0.39 is 0 Å². The van der Waals surface area contributed by atoms with Gasteiger partial charge in [0.15, 0.2) is 0 Å². The summed E-state index contributed by atoms with van der Waals surface area (Å²) in [5, 5.41) is 11.4. The van der Waals surface area contributed by atoms with Crippen molar-refractivity contribution in [3.8, 4) is 0 Å². The van der Waals surface area contributed by atoms with Crippen molar-refractivity contribution in [2.24, 2.45) is 5.10 Å². The number of unbranched alkanes of at least 4 members (excludes halogenated alkanes) is 6. The minimum absolute atomic E-state index is 1.06. The molecule has 0 N–H and O–H groups in total. The third kappa shape index (κ3) is 6.12. The zero-order chi connectivity index (χ0) is 14.6. The first-order valence-electron chi connectivity index (χ1n) is 8.69. The molecule has 1 heterocycles. The Bertz CT molecular complexity index is 235. The van der Waals surface area contributed by atoms with E-state index in [1.54, 1.807) is 0 Å². The second kappa shape index (κ2) is 11.0. The second-order valence-corrected chi connectivity index (χ2v) is 5.71. The molecule has 0 fully saturated rings. The van der Waals surface area contributed by atoms with E-state index in [1.165, 1.54) is 57.8 Å². The monoisotopic (exact) mass is 282 g/mol. The molecule has 0 saturated heterocycles.